The molecule has 3 N–H and O–H groups in total. The number of thiocarbonyl (C=S) groups is 1. The van der Waals surface area contributed by atoms with Crippen molar-refractivity contribution in [3.05, 3.63) is 84.4 Å². The average molecular weight is 347 g/mol. The van der Waals surface area contributed by atoms with Crippen LogP contribution in [-0.2, 0) is 6.42 Å². The van der Waals surface area contributed by atoms with E-state index in [0.29, 0.717) is 5.11 Å². The van der Waals surface area contributed by atoms with E-state index in [2.05, 4.69) is 35.0 Å². The first-order chi connectivity index (χ1) is 12.2. The van der Waals surface area contributed by atoms with Crippen LogP contribution in [0.1, 0.15) is 12.5 Å². The Labute approximate surface area is 154 Å². The van der Waals surface area contributed by atoms with Crippen LogP contribution >= 0.6 is 12.2 Å². The molecular formula is C21H21N3S. The van der Waals surface area contributed by atoms with E-state index >= 15 is 0 Å². The van der Waals surface area contributed by atoms with Crippen LogP contribution in [0.4, 0.5) is 22.7 Å². The van der Waals surface area contributed by atoms with E-state index in [0.717, 1.165) is 29.2 Å². The molecular weight excluding hydrogens is 326 g/mol. The molecule has 0 atom stereocenters. The summed E-state index contributed by atoms with van der Waals surface area (Å²) < 4.78 is 0. The van der Waals surface area contributed by atoms with Gasteiger partial charge in [0.1, 0.15) is 0 Å². The average Bonchev–Trinajstić information content (AvgIpc) is 2.65. The molecule has 0 radical (unpaired) electrons. The quantitative estimate of drug-likeness (QED) is 0.510. The zero-order valence-corrected chi connectivity index (χ0v) is 14.9. The van der Waals surface area contributed by atoms with Crippen molar-refractivity contribution >= 4 is 40.1 Å². The maximum atomic E-state index is 5.38. The van der Waals surface area contributed by atoms with Gasteiger partial charge in [-0.3, -0.25) is 0 Å². The minimum atomic E-state index is 0.577. The summed E-state index contributed by atoms with van der Waals surface area (Å²) in [6.45, 7) is 2.14. The van der Waals surface area contributed by atoms with Gasteiger partial charge in [-0.2, -0.15) is 0 Å². The molecule has 0 amide bonds. The first kappa shape index (κ1) is 17.0. The molecule has 0 aliphatic rings. The van der Waals surface area contributed by atoms with E-state index < -0.39 is 0 Å². The highest BCUT2D eigenvalue weighted by Crippen LogP contribution is 2.19. The van der Waals surface area contributed by atoms with Crippen LogP contribution in [0.2, 0.25) is 0 Å². The highest BCUT2D eigenvalue weighted by atomic mass is 32.1. The van der Waals surface area contributed by atoms with Crippen molar-refractivity contribution in [2.75, 3.05) is 16.0 Å². The van der Waals surface area contributed by atoms with E-state index in [4.69, 9.17) is 12.2 Å². The van der Waals surface area contributed by atoms with Gasteiger partial charge in [-0.05, 0) is 72.7 Å². The molecule has 3 nitrogen and oxygen atoms in total. The number of para-hydroxylation sites is 1. The minimum Gasteiger partial charge on any atom is -0.356 e. The van der Waals surface area contributed by atoms with Gasteiger partial charge < -0.3 is 16.0 Å². The largest absolute Gasteiger partial charge is 0.356 e. The molecule has 25 heavy (non-hydrogen) atoms. The second-order valence-electron chi connectivity index (χ2n) is 5.70. The van der Waals surface area contributed by atoms with Crippen molar-refractivity contribution < 1.29 is 0 Å². The van der Waals surface area contributed by atoms with Crippen LogP contribution in [0, 0.1) is 0 Å². The Morgan fingerprint density at radius 2 is 1.16 bits per heavy atom. The Morgan fingerprint density at radius 3 is 1.72 bits per heavy atom. The van der Waals surface area contributed by atoms with Crippen LogP contribution < -0.4 is 16.0 Å². The third kappa shape index (κ3) is 5.06. The molecule has 0 unspecified atom stereocenters. The molecule has 0 spiro atoms. The minimum absolute atomic E-state index is 0.577. The van der Waals surface area contributed by atoms with E-state index in [1.165, 1.54) is 5.56 Å². The summed E-state index contributed by atoms with van der Waals surface area (Å²) >= 11 is 5.38. The van der Waals surface area contributed by atoms with Crippen LogP contribution in [-0.4, -0.2) is 5.11 Å². The molecule has 4 heteroatoms. The molecule has 0 aliphatic heterocycles. The zero-order chi connectivity index (χ0) is 17.5. The molecule has 0 fully saturated rings. The smallest absolute Gasteiger partial charge is 0.175 e. The molecule has 0 aromatic heterocycles. The Balaban J connectivity index is 1.56. The topological polar surface area (TPSA) is 36.1 Å². The van der Waals surface area contributed by atoms with Crippen LogP contribution in [0.15, 0.2) is 78.9 Å². The maximum Gasteiger partial charge on any atom is 0.175 e. The molecule has 0 heterocycles. The monoisotopic (exact) mass is 347 g/mol. The van der Waals surface area contributed by atoms with Crippen LogP contribution in [0.5, 0.6) is 0 Å². The van der Waals surface area contributed by atoms with Gasteiger partial charge >= 0.3 is 0 Å². The maximum absolute atomic E-state index is 5.38. The number of aryl methyl sites for hydroxylation is 1. The number of hydrogen-bond donors (Lipinski definition) is 3. The molecule has 0 aliphatic carbocycles. The molecule has 126 valence electrons. The Kier molecular flexibility index (Phi) is 5.65. The molecule has 3 rings (SSSR count). The predicted molar refractivity (Wildman–Crippen MR) is 112 cm³/mol. The number of nitrogens with one attached hydrogen (secondary N) is 3. The zero-order valence-electron chi connectivity index (χ0n) is 14.1. The van der Waals surface area contributed by atoms with Crippen molar-refractivity contribution in [2.45, 2.75) is 13.3 Å². The van der Waals surface area contributed by atoms with Crippen molar-refractivity contribution in [1.29, 1.82) is 0 Å². The SMILES string of the molecule is CCc1ccc(NC(=S)Nc2ccc(Nc3ccccc3)cc2)cc1. The first-order valence-electron chi connectivity index (χ1n) is 8.32. The summed E-state index contributed by atoms with van der Waals surface area (Å²) in [7, 11) is 0. The second kappa shape index (κ2) is 8.31. The Morgan fingerprint density at radius 1 is 0.680 bits per heavy atom. The van der Waals surface area contributed by atoms with Crippen molar-refractivity contribution in [2.24, 2.45) is 0 Å². The summed E-state index contributed by atoms with van der Waals surface area (Å²) in [6.07, 6.45) is 1.03. The Hall–Kier alpha value is -2.85. The fourth-order valence-electron chi connectivity index (χ4n) is 2.44. The van der Waals surface area contributed by atoms with E-state index in [9.17, 15) is 0 Å². The summed E-state index contributed by atoms with van der Waals surface area (Å²) in [5, 5.41) is 10.3. The molecule has 0 bridgehead atoms. The van der Waals surface area contributed by atoms with Gasteiger partial charge in [0.15, 0.2) is 5.11 Å². The second-order valence-corrected chi connectivity index (χ2v) is 6.11. The lowest BCUT2D eigenvalue weighted by Gasteiger charge is -2.12. The predicted octanol–water partition coefficient (Wildman–Crippen LogP) is 5.80. The summed E-state index contributed by atoms with van der Waals surface area (Å²) in [5.41, 5.74) is 5.34. The van der Waals surface area contributed by atoms with Gasteiger partial charge in [0.25, 0.3) is 0 Å². The fourth-order valence-corrected chi connectivity index (χ4v) is 2.68. The summed E-state index contributed by atoms with van der Waals surface area (Å²) in [6, 6.07) is 26.4. The lowest BCUT2D eigenvalue weighted by molar-refractivity contribution is 1.14. The normalized spacial score (nSPS) is 10.1. The summed E-state index contributed by atoms with van der Waals surface area (Å²) in [5.74, 6) is 0. The van der Waals surface area contributed by atoms with Gasteiger partial charge in [-0.25, -0.2) is 0 Å². The molecule has 0 saturated carbocycles. The van der Waals surface area contributed by atoms with Gasteiger partial charge in [0, 0.05) is 22.7 Å². The molecule has 0 saturated heterocycles. The van der Waals surface area contributed by atoms with Crippen molar-refractivity contribution in [3.8, 4) is 0 Å². The van der Waals surface area contributed by atoms with E-state index in [-0.39, 0.29) is 0 Å². The lowest BCUT2D eigenvalue weighted by Crippen LogP contribution is -2.18. The summed E-state index contributed by atoms with van der Waals surface area (Å²) in [4.78, 5) is 0. The van der Waals surface area contributed by atoms with Gasteiger partial charge in [0.05, 0.1) is 0 Å². The highest BCUT2D eigenvalue weighted by Gasteiger charge is 2.00. The number of anilines is 4. The third-order valence-electron chi connectivity index (χ3n) is 3.83. The standard InChI is InChI=1S/C21H21N3S/c1-2-16-8-10-19(11-9-16)23-21(25)24-20-14-12-18(13-15-20)22-17-6-4-3-5-7-17/h3-15,22H,2H2,1H3,(H2,23,24,25). The number of rotatable bonds is 5. The first-order valence-corrected chi connectivity index (χ1v) is 8.73. The van der Waals surface area contributed by atoms with Gasteiger partial charge in [-0.1, -0.05) is 37.3 Å². The third-order valence-corrected chi connectivity index (χ3v) is 4.03. The molecule has 3 aromatic carbocycles. The van der Waals surface area contributed by atoms with Crippen LogP contribution in [0.3, 0.4) is 0 Å². The van der Waals surface area contributed by atoms with E-state index in [1.54, 1.807) is 0 Å². The van der Waals surface area contributed by atoms with Gasteiger partial charge in [-0.15, -0.1) is 0 Å². The van der Waals surface area contributed by atoms with E-state index in [1.807, 2.05) is 66.7 Å². The highest BCUT2D eigenvalue weighted by molar-refractivity contribution is 7.80. The molecule has 3 aromatic rings. The van der Waals surface area contributed by atoms with Gasteiger partial charge in [0.2, 0.25) is 0 Å². The van der Waals surface area contributed by atoms with Crippen LogP contribution in [0.25, 0.3) is 0 Å². The van der Waals surface area contributed by atoms with Crippen molar-refractivity contribution in [3.63, 3.8) is 0 Å². The fraction of sp³-hybridized carbons (Fsp3) is 0.0952. The Bertz CT molecular complexity index is 812. The number of hydrogen-bond acceptors (Lipinski definition) is 2. The number of benzene rings is 3. The van der Waals surface area contributed by atoms with Crippen molar-refractivity contribution in [1.82, 2.24) is 0 Å². The lowest BCUT2D eigenvalue weighted by atomic mass is 10.1.